The molecule has 0 atom stereocenters. The number of nitriles is 1. The van der Waals surface area contributed by atoms with Crippen LogP contribution >= 0.6 is 35.1 Å². The number of rotatable bonds is 4. The van der Waals surface area contributed by atoms with E-state index in [1.165, 1.54) is 47.8 Å². The van der Waals surface area contributed by atoms with E-state index in [-0.39, 0.29) is 9.80 Å². The van der Waals surface area contributed by atoms with Gasteiger partial charge in [0.25, 0.3) is 0 Å². The molecule has 0 saturated carbocycles. The van der Waals surface area contributed by atoms with Crippen molar-refractivity contribution in [1.82, 2.24) is 0 Å². The van der Waals surface area contributed by atoms with E-state index in [4.69, 9.17) is 16.9 Å². The van der Waals surface area contributed by atoms with Crippen molar-refractivity contribution in [3.8, 4) is 6.07 Å². The molecule has 0 aliphatic heterocycles. The first-order chi connectivity index (χ1) is 8.47. The van der Waals surface area contributed by atoms with Crippen LogP contribution in [0.15, 0.2) is 38.3 Å². The van der Waals surface area contributed by atoms with Gasteiger partial charge in [0, 0.05) is 5.02 Å². The summed E-state index contributed by atoms with van der Waals surface area (Å²) in [5.74, 6) is 0. The molecule has 3 nitrogen and oxygen atoms in total. The fourth-order valence-electron chi connectivity index (χ4n) is 1.22. The summed E-state index contributed by atoms with van der Waals surface area (Å²) >= 11 is 8.20. The number of benzene rings is 1. The molecule has 0 heterocycles. The van der Waals surface area contributed by atoms with Crippen molar-refractivity contribution in [2.24, 2.45) is 0 Å². The van der Waals surface area contributed by atoms with E-state index >= 15 is 0 Å². The van der Waals surface area contributed by atoms with Crippen LogP contribution in [0.3, 0.4) is 0 Å². The lowest BCUT2D eigenvalue weighted by Crippen LogP contribution is -2.04. The molecule has 0 aliphatic carbocycles. The molecule has 0 saturated heterocycles. The van der Waals surface area contributed by atoms with Gasteiger partial charge in [-0.15, -0.1) is 23.5 Å². The van der Waals surface area contributed by atoms with Crippen LogP contribution in [0.5, 0.6) is 0 Å². The quantitative estimate of drug-likeness (QED) is 0.794. The Morgan fingerprint density at radius 1 is 1.22 bits per heavy atom. The Labute approximate surface area is 120 Å². The summed E-state index contributed by atoms with van der Waals surface area (Å²) in [4.78, 5) is -0.145. The standard InChI is InChI=1S/C11H10ClNO2S3/c1-16-11(17-2)10(7-13)18(14,15)9-5-3-8(12)4-6-9/h3-6H,1-2H3. The Hall–Kier alpha value is -0.610. The third kappa shape index (κ3) is 3.23. The second kappa shape index (κ2) is 6.53. The molecule has 0 N–H and O–H groups in total. The van der Waals surface area contributed by atoms with Gasteiger partial charge in [-0.2, -0.15) is 5.26 Å². The molecule has 0 radical (unpaired) electrons. The third-order valence-electron chi connectivity index (χ3n) is 2.05. The van der Waals surface area contributed by atoms with E-state index in [1.807, 2.05) is 0 Å². The van der Waals surface area contributed by atoms with Crippen molar-refractivity contribution < 1.29 is 8.42 Å². The number of hydrogen-bond acceptors (Lipinski definition) is 5. The Balaban J connectivity index is 3.42. The first-order valence-corrected chi connectivity index (χ1v) is 9.01. The van der Waals surface area contributed by atoms with Gasteiger partial charge in [-0.05, 0) is 36.8 Å². The fraction of sp³-hybridized carbons (Fsp3) is 0.182. The predicted octanol–water partition coefficient (Wildman–Crippen LogP) is 3.53. The normalized spacial score (nSPS) is 10.8. The van der Waals surface area contributed by atoms with Crippen molar-refractivity contribution in [2.45, 2.75) is 4.90 Å². The Morgan fingerprint density at radius 2 is 1.72 bits per heavy atom. The van der Waals surface area contributed by atoms with Gasteiger partial charge in [0.15, 0.2) is 4.91 Å². The highest BCUT2D eigenvalue weighted by Crippen LogP contribution is 2.33. The van der Waals surface area contributed by atoms with E-state index in [2.05, 4.69) is 0 Å². The van der Waals surface area contributed by atoms with Crippen molar-refractivity contribution in [3.05, 3.63) is 38.4 Å². The lowest BCUT2D eigenvalue weighted by molar-refractivity contribution is 0.603. The summed E-state index contributed by atoms with van der Waals surface area (Å²) in [6.07, 6.45) is 3.47. The van der Waals surface area contributed by atoms with Crippen LogP contribution in [-0.2, 0) is 9.84 Å². The smallest absolute Gasteiger partial charge is 0.218 e. The second-order valence-electron chi connectivity index (χ2n) is 3.09. The van der Waals surface area contributed by atoms with Crippen LogP contribution in [0.2, 0.25) is 5.02 Å². The Bertz CT molecular complexity index is 594. The molecule has 0 amide bonds. The molecule has 0 fully saturated rings. The van der Waals surface area contributed by atoms with Crippen molar-refractivity contribution in [1.29, 1.82) is 5.26 Å². The molecule has 1 rings (SSSR count). The number of halogens is 1. The van der Waals surface area contributed by atoms with Crippen molar-refractivity contribution in [3.63, 3.8) is 0 Å². The van der Waals surface area contributed by atoms with Gasteiger partial charge < -0.3 is 0 Å². The first kappa shape index (κ1) is 15.4. The van der Waals surface area contributed by atoms with E-state index in [0.29, 0.717) is 9.26 Å². The minimum atomic E-state index is -3.77. The van der Waals surface area contributed by atoms with Crippen LogP contribution < -0.4 is 0 Å². The molecule has 0 aliphatic rings. The molecule has 18 heavy (non-hydrogen) atoms. The highest BCUT2D eigenvalue weighted by Gasteiger charge is 2.24. The zero-order chi connectivity index (χ0) is 13.8. The van der Waals surface area contributed by atoms with Gasteiger partial charge in [-0.25, -0.2) is 8.42 Å². The van der Waals surface area contributed by atoms with Crippen LogP contribution in [0.1, 0.15) is 0 Å². The number of nitrogens with zero attached hydrogens (tertiary/aromatic N) is 1. The van der Waals surface area contributed by atoms with Crippen LogP contribution in [0.4, 0.5) is 0 Å². The highest BCUT2D eigenvalue weighted by atomic mass is 35.5. The Kier molecular flexibility index (Phi) is 5.60. The molecule has 1 aromatic rings. The maximum Gasteiger partial charge on any atom is 0.218 e. The molecular formula is C11H10ClNO2S3. The number of allylic oxidation sites excluding steroid dienone is 1. The van der Waals surface area contributed by atoms with Crippen molar-refractivity contribution >= 4 is 45.0 Å². The lowest BCUT2D eigenvalue weighted by Gasteiger charge is -2.06. The predicted molar refractivity (Wildman–Crippen MR) is 78.3 cm³/mol. The molecule has 0 spiro atoms. The number of sulfone groups is 1. The van der Waals surface area contributed by atoms with E-state index in [1.54, 1.807) is 18.6 Å². The molecular weight excluding hydrogens is 310 g/mol. The zero-order valence-corrected chi connectivity index (χ0v) is 12.9. The van der Waals surface area contributed by atoms with Gasteiger partial charge in [-0.3, -0.25) is 0 Å². The summed E-state index contributed by atoms with van der Waals surface area (Å²) in [6.45, 7) is 0. The van der Waals surface area contributed by atoms with Crippen LogP contribution in [0, 0.1) is 11.3 Å². The lowest BCUT2D eigenvalue weighted by atomic mass is 10.4. The first-order valence-electron chi connectivity index (χ1n) is 4.70. The SMILES string of the molecule is CSC(SC)=C(C#N)S(=O)(=O)c1ccc(Cl)cc1. The van der Waals surface area contributed by atoms with Crippen LogP contribution in [-0.4, -0.2) is 20.9 Å². The molecule has 0 aromatic heterocycles. The molecule has 1 aromatic carbocycles. The molecule has 96 valence electrons. The molecule has 0 unspecified atom stereocenters. The number of thioether (sulfide) groups is 2. The van der Waals surface area contributed by atoms with E-state index in [9.17, 15) is 8.42 Å². The minimum absolute atomic E-state index is 0.0732. The monoisotopic (exact) mass is 319 g/mol. The summed E-state index contributed by atoms with van der Waals surface area (Å²) in [7, 11) is -3.77. The maximum atomic E-state index is 12.3. The zero-order valence-electron chi connectivity index (χ0n) is 9.68. The molecule has 7 heteroatoms. The summed E-state index contributed by atoms with van der Waals surface area (Å²) in [5, 5.41) is 9.52. The van der Waals surface area contributed by atoms with Gasteiger partial charge >= 0.3 is 0 Å². The second-order valence-corrected chi connectivity index (χ2v) is 7.31. The Morgan fingerprint density at radius 3 is 2.11 bits per heavy atom. The average molecular weight is 320 g/mol. The fourth-order valence-corrected chi connectivity index (χ4v) is 4.70. The summed E-state index contributed by atoms with van der Waals surface area (Å²) in [6, 6.07) is 7.54. The van der Waals surface area contributed by atoms with Crippen molar-refractivity contribution in [2.75, 3.05) is 12.5 Å². The van der Waals surface area contributed by atoms with Gasteiger partial charge in [-0.1, -0.05) is 11.6 Å². The summed E-state index contributed by atoms with van der Waals surface area (Å²) < 4.78 is 25.0. The van der Waals surface area contributed by atoms with Gasteiger partial charge in [0.1, 0.15) is 6.07 Å². The van der Waals surface area contributed by atoms with E-state index < -0.39 is 9.84 Å². The highest BCUT2D eigenvalue weighted by molar-refractivity contribution is 8.22. The minimum Gasteiger partial charge on any atom is -0.218 e. The van der Waals surface area contributed by atoms with Crippen LogP contribution in [0.25, 0.3) is 0 Å². The van der Waals surface area contributed by atoms with Gasteiger partial charge in [0.2, 0.25) is 9.84 Å². The maximum absolute atomic E-state index is 12.3. The number of hydrogen-bond donors (Lipinski definition) is 0. The van der Waals surface area contributed by atoms with Gasteiger partial charge in [0.05, 0.1) is 9.13 Å². The largest absolute Gasteiger partial charge is 0.218 e. The summed E-state index contributed by atoms with van der Waals surface area (Å²) in [5.41, 5.74) is 0. The van der Waals surface area contributed by atoms with E-state index in [0.717, 1.165) is 0 Å². The molecule has 0 bridgehead atoms. The average Bonchev–Trinajstić information content (AvgIpc) is 2.35. The third-order valence-corrected chi connectivity index (χ3v) is 6.44. The topological polar surface area (TPSA) is 57.9 Å².